The van der Waals surface area contributed by atoms with Crippen LogP contribution in [0.5, 0.6) is 0 Å². The average Bonchev–Trinajstić information content (AvgIpc) is 2.30. The van der Waals surface area contributed by atoms with Crippen molar-refractivity contribution in [2.45, 2.75) is 0 Å². The molecule has 0 bridgehead atoms. The fourth-order valence-corrected chi connectivity index (χ4v) is 2.64. The highest BCUT2D eigenvalue weighted by Crippen LogP contribution is 2.36. The van der Waals surface area contributed by atoms with E-state index in [0.29, 0.717) is 25.0 Å². The van der Waals surface area contributed by atoms with Crippen LogP contribution in [-0.4, -0.2) is 25.0 Å². The van der Waals surface area contributed by atoms with Gasteiger partial charge in [-0.1, -0.05) is 18.2 Å². The van der Waals surface area contributed by atoms with Crippen molar-refractivity contribution in [1.82, 2.24) is 0 Å². The van der Waals surface area contributed by atoms with Crippen LogP contribution in [0.3, 0.4) is 0 Å². The summed E-state index contributed by atoms with van der Waals surface area (Å²) in [7, 11) is -1.04. The second-order valence-corrected chi connectivity index (χ2v) is 4.94. The molecule has 1 rings (SSSR count). The molecular formula is C10H13Cl2O2P. The van der Waals surface area contributed by atoms with Gasteiger partial charge in [0.25, 0.3) is 0 Å². The Morgan fingerprint density at radius 3 is 1.93 bits per heavy atom. The van der Waals surface area contributed by atoms with Gasteiger partial charge < -0.3 is 9.05 Å². The van der Waals surface area contributed by atoms with Gasteiger partial charge in [0.1, 0.15) is 0 Å². The summed E-state index contributed by atoms with van der Waals surface area (Å²) in [6.07, 6.45) is 0. The molecule has 0 fully saturated rings. The topological polar surface area (TPSA) is 18.5 Å². The van der Waals surface area contributed by atoms with Gasteiger partial charge in [-0.3, -0.25) is 0 Å². The van der Waals surface area contributed by atoms with E-state index in [1.165, 1.54) is 0 Å². The molecule has 0 aliphatic heterocycles. The van der Waals surface area contributed by atoms with Crippen molar-refractivity contribution in [1.29, 1.82) is 0 Å². The first-order chi connectivity index (χ1) is 7.38. The number of alkyl halides is 2. The maximum atomic E-state index is 5.57. The summed E-state index contributed by atoms with van der Waals surface area (Å²) in [4.78, 5) is 0. The van der Waals surface area contributed by atoms with Crippen LogP contribution in [0.25, 0.3) is 0 Å². The Labute approximate surface area is 101 Å². The van der Waals surface area contributed by atoms with Crippen LogP contribution in [0.4, 0.5) is 0 Å². The number of benzene rings is 1. The van der Waals surface area contributed by atoms with Crippen molar-refractivity contribution in [2.24, 2.45) is 0 Å². The van der Waals surface area contributed by atoms with Crippen molar-refractivity contribution < 1.29 is 9.05 Å². The molecule has 84 valence electrons. The quantitative estimate of drug-likeness (QED) is 0.558. The number of hydrogen-bond acceptors (Lipinski definition) is 2. The molecule has 0 amide bonds. The third-order valence-electron chi connectivity index (χ3n) is 1.54. The van der Waals surface area contributed by atoms with Crippen molar-refractivity contribution in [2.75, 3.05) is 25.0 Å². The Morgan fingerprint density at radius 2 is 1.47 bits per heavy atom. The maximum Gasteiger partial charge on any atom is 0.205 e. The summed E-state index contributed by atoms with van der Waals surface area (Å²) in [5.74, 6) is 0.936. The van der Waals surface area contributed by atoms with Gasteiger partial charge in [-0.2, -0.15) is 0 Å². The van der Waals surface area contributed by atoms with Crippen molar-refractivity contribution >= 4 is 36.9 Å². The van der Waals surface area contributed by atoms with E-state index in [2.05, 4.69) is 0 Å². The van der Waals surface area contributed by atoms with Crippen LogP contribution >= 0.6 is 31.6 Å². The van der Waals surface area contributed by atoms with E-state index in [4.69, 9.17) is 32.2 Å². The van der Waals surface area contributed by atoms with E-state index in [1.54, 1.807) is 0 Å². The van der Waals surface area contributed by atoms with Gasteiger partial charge in [0.05, 0.1) is 13.2 Å². The summed E-state index contributed by atoms with van der Waals surface area (Å²) in [6.45, 7) is 0.981. The molecule has 15 heavy (non-hydrogen) atoms. The van der Waals surface area contributed by atoms with E-state index in [1.807, 2.05) is 30.3 Å². The second-order valence-electron chi connectivity index (χ2n) is 2.64. The van der Waals surface area contributed by atoms with E-state index in [-0.39, 0.29) is 0 Å². The van der Waals surface area contributed by atoms with E-state index < -0.39 is 8.38 Å². The Morgan fingerprint density at radius 1 is 0.933 bits per heavy atom. The summed E-state index contributed by atoms with van der Waals surface area (Å²) in [5.41, 5.74) is 0. The first kappa shape index (κ1) is 13.2. The maximum absolute atomic E-state index is 5.57. The monoisotopic (exact) mass is 266 g/mol. The van der Waals surface area contributed by atoms with Gasteiger partial charge in [-0.25, -0.2) is 0 Å². The highest BCUT2D eigenvalue weighted by atomic mass is 35.5. The molecule has 0 atom stereocenters. The number of rotatable bonds is 7. The molecule has 0 saturated carbocycles. The van der Waals surface area contributed by atoms with Gasteiger partial charge >= 0.3 is 0 Å². The normalized spacial score (nSPS) is 10.9. The minimum absolute atomic E-state index is 0.468. The highest BCUT2D eigenvalue weighted by molar-refractivity contribution is 7.56. The van der Waals surface area contributed by atoms with Crippen LogP contribution in [0.2, 0.25) is 0 Å². The van der Waals surface area contributed by atoms with Gasteiger partial charge in [0, 0.05) is 17.1 Å². The molecule has 0 spiro atoms. The first-order valence-corrected chi connectivity index (χ1v) is 6.86. The van der Waals surface area contributed by atoms with Crippen LogP contribution in [0.1, 0.15) is 0 Å². The molecular weight excluding hydrogens is 254 g/mol. The third-order valence-corrected chi connectivity index (χ3v) is 3.40. The van der Waals surface area contributed by atoms with Gasteiger partial charge in [-0.15, -0.1) is 23.2 Å². The van der Waals surface area contributed by atoms with Gasteiger partial charge in [-0.05, 0) is 12.1 Å². The zero-order valence-corrected chi connectivity index (χ0v) is 10.6. The molecule has 0 aliphatic rings. The molecule has 1 aromatic rings. The Kier molecular flexibility index (Phi) is 7.33. The number of hydrogen-bond donors (Lipinski definition) is 0. The molecule has 0 unspecified atom stereocenters. The summed E-state index contributed by atoms with van der Waals surface area (Å²) in [6, 6.07) is 9.83. The minimum Gasteiger partial charge on any atom is -0.329 e. The van der Waals surface area contributed by atoms with Gasteiger partial charge in [0.15, 0.2) is 0 Å². The average molecular weight is 267 g/mol. The van der Waals surface area contributed by atoms with Crippen LogP contribution < -0.4 is 5.30 Å². The van der Waals surface area contributed by atoms with Crippen LogP contribution in [-0.2, 0) is 9.05 Å². The number of halogens is 2. The summed E-state index contributed by atoms with van der Waals surface area (Å²) in [5, 5.41) is 1.04. The van der Waals surface area contributed by atoms with Crippen LogP contribution in [0.15, 0.2) is 30.3 Å². The fraction of sp³-hybridized carbons (Fsp3) is 0.400. The SMILES string of the molecule is ClCCOP(OCCCl)c1ccccc1. The lowest BCUT2D eigenvalue weighted by atomic mass is 10.4. The fourth-order valence-electron chi connectivity index (χ4n) is 0.971. The molecule has 0 aromatic heterocycles. The van der Waals surface area contributed by atoms with E-state index in [9.17, 15) is 0 Å². The second kappa shape index (κ2) is 8.32. The highest BCUT2D eigenvalue weighted by Gasteiger charge is 2.12. The standard InChI is InChI=1S/C10H13Cl2O2P/c11-6-8-13-15(14-9-7-12)10-4-2-1-3-5-10/h1-5H,6-9H2. The molecule has 0 saturated heterocycles. The molecule has 0 radical (unpaired) electrons. The summed E-state index contributed by atoms with van der Waals surface area (Å²) < 4.78 is 11.1. The lowest BCUT2D eigenvalue weighted by Gasteiger charge is -2.16. The molecule has 0 heterocycles. The molecule has 5 heteroatoms. The molecule has 2 nitrogen and oxygen atoms in total. The largest absolute Gasteiger partial charge is 0.329 e. The smallest absolute Gasteiger partial charge is 0.205 e. The van der Waals surface area contributed by atoms with Crippen molar-refractivity contribution in [3.63, 3.8) is 0 Å². The molecule has 1 aromatic carbocycles. The Hall–Kier alpha value is 0.150. The first-order valence-electron chi connectivity index (χ1n) is 4.61. The van der Waals surface area contributed by atoms with Crippen molar-refractivity contribution in [3.05, 3.63) is 30.3 Å². The predicted molar refractivity (Wildman–Crippen MR) is 66.3 cm³/mol. The van der Waals surface area contributed by atoms with Crippen molar-refractivity contribution in [3.8, 4) is 0 Å². The van der Waals surface area contributed by atoms with E-state index in [0.717, 1.165) is 5.30 Å². The zero-order chi connectivity index (χ0) is 10.9. The zero-order valence-electron chi connectivity index (χ0n) is 8.23. The molecule has 0 aliphatic carbocycles. The lowest BCUT2D eigenvalue weighted by Crippen LogP contribution is -2.08. The molecule has 0 N–H and O–H groups in total. The van der Waals surface area contributed by atoms with E-state index >= 15 is 0 Å². The Bertz CT molecular complexity index is 251. The minimum atomic E-state index is -1.04. The summed E-state index contributed by atoms with van der Waals surface area (Å²) >= 11 is 11.1. The van der Waals surface area contributed by atoms with Crippen LogP contribution in [0, 0.1) is 0 Å². The lowest BCUT2D eigenvalue weighted by molar-refractivity contribution is 0.280. The van der Waals surface area contributed by atoms with Gasteiger partial charge in [0.2, 0.25) is 8.38 Å². The third kappa shape index (κ3) is 5.14. The predicted octanol–water partition coefficient (Wildman–Crippen LogP) is 3.13. The Balaban J connectivity index is 2.55.